The number of hydrogen-bond donors (Lipinski definition) is 3. The number of thiophene rings is 2. The van der Waals surface area contributed by atoms with Gasteiger partial charge in [0.25, 0.3) is 0 Å². The number of benzene rings is 2. The number of carbonyl (C=O) groups excluding carboxylic acids is 1. The lowest BCUT2D eigenvalue weighted by Gasteiger charge is -2.09. The highest BCUT2D eigenvalue weighted by molar-refractivity contribution is 7.18. The van der Waals surface area contributed by atoms with E-state index in [2.05, 4.69) is 37.8 Å². The second-order valence-electron chi connectivity index (χ2n) is 7.45. The number of amides is 2. The van der Waals surface area contributed by atoms with Gasteiger partial charge in [0.15, 0.2) is 0 Å². The molecule has 5 nitrogen and oxygen atoms in total. The van der Waals surface area contributed by atoms with E-state index >= 15 is 0 Å². The Morgan fingerprint density at radius 2 is 1.75 bits per heavy atom. The average Bonchev–Trinajstić information content (AvgIpc) is 3.45. The minimum Gasteiger partial charge on any atom is -0.383 e. The molecule has 0 saturated carbocycles. The van der Waals surface area contributed by atoms with E-state index < -0.39 is 0 Å². The summed E-state index contributed by atoms with van der Waals surface area (Å²) in [4.78, 5) is 16.8. The molecular formula is C25H20N4OS2. The fourth-order valence-electron chi connectivity index (χ4n) is 3.65. The Morgan fingerprint density at radius 3 is 2.50 bits per heavy atom. The Labute approximate surface area is 193 Å². The summed E-state index contributed by atoms with van der Waals surface area (Å²) in [7, 11) is 0. The molecule has 0 saturated heterocycles. The maximum Gasteiger partial charge on any atom is 0.323 e. The summed E-state index contributed by atoms with van der Waals surface area (Å²) in [5.41, 5.74) is 13.1. The number of carbonyl (C=O) groups is 1. The zero-order valence-electron chi connectivity index (χ0n) is 17.3. The van der Waals surface area contributed by atoms with Crippen LogP contribution in [0.2, 0.25) is 0 Å². The van der Waals surface area contributed by atoms with Crippen LogP contribution in [0.1, 0.15) is 5.56 Å². The summed E-state index contributed by atoms with van der Waals surface area (Å²) >= 11 is 3.33. The van der Waals surface area contributed by atoms with E-state index in [1.807, 2.05) is 61.7 Å². The summed E-state index contributed by atoms with van der Waals surface area (Å²) in [5.74, 6) is 0.523. The predicted octanol–water partition coefficient (Wildman–Crippen LogP) is 7.23. The van der Waals surface area contributed by atoms with Gasteiger partial charge < -0.3 is 16.4 Å². The Morgan fingerprint density at radius 1 is 0.938 bits per heavy atom. The minimum atomic E-state index is -0.279. The number of aromatic nitrogens is 1. The third-order valence-corrected chi connectivity index (χ3v) is 6.88. The molecule has 0 unspecified atom stereocenters. The van der Waals surface area contributed by atoms with Gasteiger partial charge in [0, 0.05) is 38.8 Å². The first-order valence-corrected chi connectivity index (χ1v) is 11.8. The summed E-state index contributed by atoms with van der Waals surface area (Å²) in [6.07, 6.45) is 1.85. The zero-order valence-corrected chi connectivity index (χ0v) is 18.9. The first-order valence-electron chi connectivity index (χ1n) is 10.0. The highest BCUT2D eigenvalue weighted by Gasteiger charge is 2.15. The SMILES string of the molecule is Cc1cccc(NC(=O)Nc2ccc(-c3csc4c(-c5ccsc5)cnc(N)c34)cc2)c1. The molecule has 0 bridgehead atoms. The van der Waals surface area contributed by atoms with Crippen LogP contribution in [0.15, 0.2) is 76.9 Å². The summed E-state index contributed by atoms with van der Waals surface area (Å²) in [6, 6.07) is 17.3. The first kappa shape index (κ1) is 20.2. The van der Waals surface area contributed by atoms with Crippen LogP contribution in [0, 0.1) is 6.92 Å². The van der Waals surface area contributed by atoms with Crippen molar-refractivity contribution in [2.75, 3.05) is 16.4 Å². The van der Waals surface area contributed by atoms with Crippen molar-refractivity contribution in [1.82, 2.24) is 4.98 Å². The third kappa shape index (κ3) is 3.95. The number of nitrogen functional groups attached to an aromatic ring is 1. The second-order valence-corrected chi connectivity index (χ2v) is 9.11. The van der Waals surface area contributed by atoms with Crippen LogP contribution in [0.4, 0.5) is 22.0 Å². The fraction of sp³-hybridized carbons (Fsp3) is 0.0400. The lowest BCUT2D eigenvalue weighted by atomic mass is 10.0. The van der Waals surface area contributed by atoms with Crippen molar-refractivity contribution in [3.05, 3.63) is 82.5 Å². The predicted molar refractivity (Wildman–Crippen MR) is 137 cm³/mol. The van der Waals surface area contributed by atoms with Crippen LogP contribution >= 0.6 is 22.7 Å². The largest absolute Gasteiger partial charge is 0.383 e. The van der Waals surface area contributed by atoms with Gasteiger partial charge in [0.1, 0.15) is 5.82 Å². The molecule has 0 spiro atoms. The molecule has 0 aliphatic carbocycles. The molecule has 0 atom stereocenters. The minimum absolute atomic E-state index is 0.279. The molecule has 2 amide bonds. The van der Waals surface area contributed by atoms with Gasteiger partial charge in [-0.2, -0.15) is 11.3 Å². The molecule has 5 aromatic rings. The van der Waals surface area contributed by atoms with E-state index in [9.17, 15) is 4.79 Å². The van der Waals surface area contributed by atoms with Crippen LogP contribution < -0.4 is 16.4 Å². The summed E-state index contributed by atoms with van der Waals surface area (Å²) < 4.78 is 1.13. The highest BCUT2D eigenvalue weighted by atomic mass is 32.1. The van der Waals surface area contributed by atoms with Crippen molar-refractivity contribution in [3.8, 4) is 22.3 Å². The van der Waals surface area contributed by atoms with Gasteiger partial charge in [-0.25, -0.2) is 9.78 Å². The smallest absolute Gasteiger partial charge is 0.323 e. The number of pyridine rings is 1. The van der Waals surface area contributed by atoms with Gasteiger partial charge in [-0.3, -0.25) is 0 Å². The van der Waals surface area contributed by atoms with Gasteiger partial charge in [0.2, 0.25) is 0 Å². The maximum atomic E-state index is 12.3. The number of anilines is 3. The Balaban J connectivity index is 1.39. The number of nitrogens with zero attached hydrogens (tertiary/aromatic N) is 1. The number of aryl methyl sites for hydroxylation is 1. The van der Waals surface area contributed by atoms with Crippen molar-refractivity contribution in [2.24, 2.45) is 0 Å². The van der Waals surface area contributed by atoms with E-state index in [-0.39, 0.29) is 6.03 Å². The van der Waals surface area contributed by atoms with Crippen LogP contribution in [0.5, 0.6) is 0 Å². The molecule has 0 aliphatic heterocycles. The average molecular weight is 457 g/mol. The van der Waals surface area contributed by atoms with Crippen molar-refractivity contribution >= 4 is 56.0 Å². The Bertz CT molecular complexity index is 1410. The van der Waals surface area contributed by atoms with Gasteiger partial charge in [-0.15, -0.1) is 11.3 Å². The van der Waals surface area contributed by atoms with E-state index in [4.69, 9.17) is 5.73 Å². The number of rotatable bonds is 4. The van der Waals surface area contributed by atoms with Crippen LogP contribution in [-0.2, 0) is 0 Å². The first-order chi connectivity index (χ1) is 15.6. The summed E-state index contributed by atoms with van der Waals surface area (Å²) in [5, 5.41) is 13.0. The molecule has 7 heteroatoms. The molecule has 158 valence electrons. The normalized spacial score (nSPS) is 10.9. The van der Waals surface area contributed by atoms with E-state index in [1.54, 1.807) is 22.7 Å². The molecule has 3 aromatic heterocycles. The molecule has 0 radical (unpaired) electrons. The molecule has 3 heterocycles. The lowest BCUT2D eigenvalue weighted by molar-refractivity contribution is 0.262. The Kier molecular flexibility index (Phi) is 5.34. The van der Waals surface area contributed by atoms with Gasteiger partial charge in [-0.1, -0.05) is 24.3 Å². The quantitative estimate of drug-likeness (QED) is 0.267. The highest BCUT2D eigenvalue weighted by Crippen LogP contribution is 2.42. The lowest BCUT2D eigenvalue weighted by Crippen LogP contribution is -2.19. The molecule has 0 fully saturated rings. The van der Waals surface area contributed by atoms with Crippen molar-refractivity contribution in [1.29, 1.82) is 0 Å². The molecule has 4 N–H and O–H groups in total. The molecule has 32 heavy (non-hydrogen) atoms. The number of fused-ring (bicyclic) bond motifs is 1. The summed E-state index contributed by atoms with van der Waals surface area (Å²) in [6.45, 7) is 1.99. The van der Waals surface area contributed by atoms with E-state index in [1.165, 1.54) is 0 Å². The monoisotopic (exact) mass is 456 g/mol. The third-order valence-electron chi connectivity index (χ3n) is 5.19. The fourth-order valence-corrected chi connectivity index (χ4v) is 5.43. The van der Waals surface area contributed by atoms with Gasteiger partial charge in [-0.05, 0) is 70.1 Å². The molecule has 5 rings (SSSR count). The number of urea groups is 1. The van der Waals surface area contributed by atoms with Crippen molar-refractivity contribution < 1.29 is 4.79 Å². The van der Waals surface area contributed by atoms with Crippen LogP contribution in [0.3, 0.4) is 0 Å². The molecular weight excluding hydrogens is 436 g/mol. The molecule has 2 aromatic carbocycles. The standard InChI is InChI=1S/C25H20N4OS2/c1-15-3-2-4-19(11-15)29-25(30)28-18-7-5-16(6-8-18)21-14-32-23-20(17-9-10-31-13-17)12-27-24(26)22(21)23/h2-14H,1H3,(H2,26,27)(H2,28,29,30). The Hall–Kier alpha value is -3.68. The number of nitrogens with two attached hydrogens (primary N) is 1. The van der Waals surface area contributed by atoms with Crippen molar-refractivity contribution in [2.45, 2.75) is 6.92 Å². The number of nitrogens with one attached hydrogen (secondary N) is 2. The van der Waals surface area contributed by atoms with Crippen LogP contribution in [-0.4, -0.2) is 11.0 Å². The maximum absolute atomic E-state index is 12.3. The van der Waals surface area contributed by atoms with Gasteiger partial charge in [0.05, 0.1) is 0 Å². The second kappa shape index (κ2) is 8.45. The van der Waals surface area contributed by atoms with E-state index in [0.29, 0.717) is 11.5 Å². The van der Waals surface area contributed by atoms with Gasteiger partial charge >= 0.3 is 6.03 Å². The van der Waals surface area contributed by atoms with Crippen LogP contribution in [0.25, 0.3) is 32.3 Å². The van der Waals surface area contributed by atoms with E-state index in [0.717, 1.165) is 43.6 Å². The zero-order chi connectivity index (χ0) is 22.1. The molecule has 0 aliphatic rings. The topological polar surface area (TPSA) is 80.0 Å². The van der Waals surface area contributed by atoms with Crippen molar-refractivity contribution in [3.63, 3.8) is 0 Å². The number of hydrogen-bond acceptors (Lipinski definition) is 5.